The first-order valence-corrected chi connectivity index (χ1v) is 16.7. The van der Waals surface area contributed by atoms with E-state index >= 15 is 0 Å². The lowest BCUT2D eigenvalue weighted by atomic mass is 10.0. The summed E-state index contributed by atoms with van der Waals surface area (Å²) in [6.07, 6.45) is 11.1. The first-order valence-electron chi connectivity index (χ1n) is 16.7. The molecule has 250 valence electrons. The zero-order valence-electron chi connectivity index (χ0n) is 27.1. The fourth-order valence-electron chi connectivity index (χ4n) is 5.11. The van der Waals surface area contributed by atoms with E-state index in [0.29, 0.717) is 18.7 Å². The predicted octanol–water partition coefficient (Wildman–Crippen LogP) is 10.5. The average molecular weight is 641 g/mol. The summed E-state index contributed by atoms with van der Waals surface area (Å²) >= 11 is 0. The molecule has 1 atom stereocenters. The number of nitrogens with zero attached hydrogens (tertiary/aromatic N) is 2. The number of rotatable bonds is 20. The molecule has 3 rings (SSSR count). The van der Waals surface area contributed by atoms with Gasteiger partial charge in [-0.2, -0.15) is 13.2 Å². The highest BCUT2D eigenvalue weighted by Crippen LogP contribution is 2.28. The number of halogens is 3. The monoisotopic (exact) mass is 640 g/mol. The molecular weight excluding hydrogens is 593 g/mol. The SMILES string of the molecule is CCCCCCCCCCCc1ccc(-c2ncc(C(=O)Oc3ccc(C(=O)OC(CCCCCC)C(F)(F)F)cc3)cn2)cc1. The van der Waals surface area contributed by atoms with E-state index < -0.39 is 24.2 Å². The highest BCUT2D eigenvalue weighted by molar-refractivity contribution is 5.91. The maximum atomic E-state index is 13.4. The Hall–Kier alpha value is -3.75. The Kier molecular flexibility index (Phi) is 15.7. The molecule has 0 amide bonds. The molecule has 6 nitrogen and oxygen atoms in total. The Morgan fingerprint density at radius 2 is 1.22 bits per heavy atom. The van der Waals surface area contributed by atoms with Gasteiger partial charge >= 0.3 is 18.1 Å². The smallest absolute Gasteiger partial charge is 0.425 e. The van der Waals surface area contributed by atoms with Gasteiger partial charge in [-0.15, -0.1) is 0 Å². The maximum absolute atomic E-state index is 13.4. The lowest BCUT2D eigenvalue weighted by Crippen LogP contribution is -2.33. The highest BCUT2D eigenvalue weighted by Gasteiger charge is 2.42. The molecule has 0 spiro atoms. The molecule has 9 heteroatoms. The van der Waals surface area contributed by atoms with E-state index in [-0.39, 0.29) is 23.3 Å². The van der Waals surface area contributed by atoms with Crippen LogP contribution < -0.4 is 4.74 Å². The molecule has 0 radical (unpaired) electrons. The lowest BCUT2D eigenvalue weighted by Gasteiger charge is -2.20. The Morgan fingerprint density at radius 1 is 0.674 bits per heavy atom. The molecule has 0 saturated heterocycles. The van der Waals surface area contributed by atoms with Gasteiger partial charge in [-0.25, -0.2) is 19.6 Å². The molecule has 0 aliphatic rings. The Labute approximate surface area is 271 Å². The van der Waals surface area contributed by atoms with Crippen LogP contribution in [0.4, 0.5) is 13.2 Å². The molecule has 46 heavy (non-hydrogen) atoms. The summed E-state index contributed by atoms with van der Waals surface area (Å²) in [7, 11) is 0. The number of benzene rings is 2. The molecular formula is C37H47F3N2O4. The van der Waals surface area contributed by atoms with Crippen molar-refractivity contribution in [2.24, 2.45) is 0 Å². The third kappa shape index (κ3) is 12.9. The molecule has 1 unspecified atom stereocenters. The van der Waals surface area contributed by atoms with Gasteiger partial charge in [0, 0.05) is 18.0 Å². The summed E-state index contributed by atoms with van der Waals surface area (Å²) in [4.78, 5) is 33.6. The molecule has 0 bridgehead atoms. The van der Waals surface area contributed by atoms with Crippen LogP contribution in [0.5, 0.6) is 5.75 Å². The standard InChI is InChI=1S/C37H47F3N2O4/c1-3-5-7-9-10-11-12-13-14-16-28-18-20-29(21-19-28)34-41-26-31(27-42-34)36(44)45-32-24-22-30(23-25-32)35(43)46-33(37(38,39)40)17-15-8-6-4-2/h18-27,33H,3-17H2,1-2H3. The fourth-order valence-corrected chi connectivity index (χ4v) is 5.11. The van der Waals surface area contributed by atoms with Crippen LogP contribution in [-0.2, 0) is 11.2 Å². The van der Waals surface area contributed by atoms with E-state index in [0.717, 1.165) is 24.8 Å². The molecule has 0 aliphatic heterocycles. The Balaban J connectivity index is 1.45. The van der Waals surface area contributed by atoms with Crippen molar-refractivity contribution in [2.75, 3.05) is 0 Å². The number of carbonyl (C=O) groups excluding carboxylic acids is 2. The number of aromatic nitrogens is 2. The number of unbranched alkanes of at least 4 members (excludes halogenated alkanes) is 11. The quantitative estimate of drug-likeness (QED) is 0.0695. The first-order chi connectivity index (χ1) is 22.2. The molecule has 0 aliphatic carbocycles. The number of ether oxygens (including phenoxy) is 2. The van der Waals surface area contributed by atoms with Gasteiger partial charge in [-0.05, 0) is 55.5 Å². The minimum absolute atomic E-state index is 0.0746. The second-order valence-corrected chi connectivity index (χ2v) is 11.8. The van der Waals surface area contributed by atoms with Crippen LogP contribution in [0.25, 0.3) is 11.4 Å². The van der Waals surface area contributed by atoms with Crippen molar-refractivity contribution >= 4 is 11.9 Å². The zero-order valence-corrected chi connectivity index (χ0v) is 27.1. The van der Waals surface area contributed by atoms with E-state index in [1.54, 1.807) is 0 Å². The second kappa shape index (κ2) is 19.7. The Bertz CT molecular complexity index is 1310. The van der Waals surface area contributed by atoms with Crippen molar-refractivity contribution < 1.29 is 32.2 Å². The summed E-state index contributed by atoms with van der Waals surface area (Å²) in [6.45, 7) is 4.20. The van der Waals surface area contributed by atoms with E-state index in [1.165, 1.54) is 100 Å². The largest absolute Gasteiger partial charge is 0.449 e. The summed E-state index contributed by atoms with van der Waals surface area (Å²) < 4.78 is 50.2. The van der Waals surface area contributed by atoms with Gasteiger partial charge in [-0.1, -0.05) is 109 Å². The normalized spacial score (nSPS) is 12.1. The van der Waals surface area contributed by atoms with E-state index in [2.05, 4.69) is 29.0 Å². The van der Waals surface area contributed by atoms with Crippen LogP contribution in [0, 0.1) is 0 Å². The average Bonchev–Trinajstić information content (AvgIpc) is 3.05. The molecule has 2 aromatic carbocycles. The van der Waals surface area contributed by atoms with Gasteiger partial charge < -0.3 is 9.47 Å². The molecule has 0 fully saturated rings. The number of carbonyl (C=O) groups is 2. The summed E-state index contributed by atoms with van der Waals surface area (Å²) in [5, 5.41) is 0. The van der Waals surface area contributed by atoms with Crippen molar-refractivity contribution in [3.63, 3.8) is 0 Å². The van der Waals surface area contributed by atoms with Crippen LogP contribution in [0.2, 0.25) is 0 Å². The van der Waals surface area contributed by atoms with E-state index in [9.17, 15) is 22.8 Å². The lowest BCUT2D eigenvalue weighted by molar-refractivity contribution is -0.206. The van der Waals surface area contributed by atoms with Crippen molar-refractivity contribution in [1.29, 1.82) is 0 Å². The van der Waals surface area contributed by atoms with Gasteiger partial charge in [0.1, 0.15) is 5.75 Å². The van der Waals surface area contributed by atoms with Crippen molar-refractivity contribution in [1.82, 2.24) is 9.97 Å². The van der Waals surface area contributed by atoms with Gasteiger partial charge in [0.05, 0.1) is 11.1 Å². The number of hydrogen-bond donors (Lipinski definition) is 0. The first kappa shape index (κ1) is 36.7. The van der Waals surface area contributed by atoms with Crippen LogP contribution in [0.15, 0.2) is 60.9 Å². The van der Waals surface area contributed by atoms with Crippen molar-refractivity contribution in [3.05, 3.63) is 77.6 Å². The third-order valence-corrected chi connectivity index (χ3v) is 7.90. The summed E-state index contributed by atoms with van der Waals surface area (Å²) in [5.74, 6) is -1.20. The number of esters is 2. The van der Waals surface area contributed by atoms with Gasteiger partial charge in [-0.3, -0.25) is 0 Å². The minimum atomic E-state index is -4.65. The number of hydrogen-bond acceptors (Lipinski definition) is 6. The van der Waals surface area contributed by atoms with Crippen LogP contribution in [0.3, 0.4) is 0 Å². The third-order valence-electron chi connectivity index (χ3n) is 7.90. The number of alkyl halides is 3. The summed E-state index contributed by atoms with van der Waals surface area (Å²) in [6, 6.07) is 13.3. The molecule has 1 heterocycles. The number of aryl methyl sites for hydroxylation is 1. The van der Waals surface area contributed by atoms with Crippen LogP contribution >= 0.6 is 0 Å². The van der Waals surface area contributed by atoms with E-state index in [1.807, 2.05) is 19.1 Å². The summed E-state index contributed by atoms with van der Waals surface area (Å²) in [5.41, 5.74) is 2.17. The molecule has 3 aromatic rings. The van der Waals surface area contributed by atoms with E-state index in [4.69, 9.17) is 9.47 Å². The molecule has 0 N–H and O–H groups in total. The zero-order chi connectivity index (χ0) is 33.2. The Morgan fingerprint density at radius 3 is 1.78 bits per heavy atom. The second-order valence-electron chi connectivity index (χ2n) is 11.8. The van der Waals surface area contributed by atoms with Crippen LogP contribution in [0.1, 0.15) is 130 Å². The van der Waals surface area contributed by atoms with Gasteiger partial charge in [0.2, 0.25) is 0 Å². The van der Waals surface area contributed by atoms with Gasteiger partial charge in [0.15, 0.2) is 11.9 Å². The van der Waals surface area contributed by atoms with Crippen molar-refractivity contribution in [3.8, 4) is 17.1 Å². The van der Waals surface area contributed by atoms with Gasteiger partial charge in [0.25, 0.3) is 0 Å². The molecule has 0 saturated carbocycles. The predicted molar refractivity (Wildman–Crippen MR) is 174 cm³/mol. The topological polar surface area (TPSA) is 78.4 Å². The fraction of sp³-hybridized carbons (Fsp3) is 0.514. The minimum Gasteiger partial charge on any atom is -0.449 e. The highest BCUT2D eigenvalue weighted by atomic mass is 19.4. The van der Waals surface area contributed by atoms with Crippen molar-refractivity contribution in [2.45, 2.75) is 122 Å². The molecule has 1 aromatic heterocycles. The maximum Gasteiger partial charge on any atom is 0.425 e. The van der Waals surface area contributed by atoms with Crippen LogP contribution in [-0.4, -0.2) is 34.2 Å².